The van der Waals surface area contributed by atoms with E-state index in [2.05, 4.69) is 5.32 Å². The second-order valence-corrected chi connectivity index (χ2v) is 4.80. The average molecular weight is 324 g/mol. The number of nitro groups is 1. The van der Waals surface area contributed by atoms with Gasteiger partial charge in [0, 0.05) is 18.7 Å². The standard InChI is InChI=1S/C14H16N2O7/c1-21-11-5-4-9(16(19)20)7-10(11)15-13(17)8-23-14(18)12-3-2-6-22-12/h4-5,7,12H,2-3,6,8H2,1H3,(H,15,17)/t12-/m0/s1. The van der Waals surface area contributed by atoms with E-state index in [-0.39, 0.29) is 17.1 Å². The Balaban J connectivity index is 1.94. The minimum Gasteiger partial charge on any atom is -0.495 e. The molecular formula is C14H16N2O7. The minimum atomic E-state index is -0.629. The molecular weight excluding hydrogens is 308 g/mol. The van der Waals surface area contributed by atoms with E-state index in [1.54, 1.807) is 0 Å². The number of nitrogens with one attached hydrogen (secondary N) is 1. The molecule has 1 aromatic rings. The number of non-ortho nitro benzene ring substituents is 1. The lowest BCUT2D eigenvalue weighted by molar-refractivity contribution is -0.384. The zero-order valence-electron chi connectivity index (χ0n) is 12.4. The van der Waals surface area contributed by atoms with Crippen molar-refractivity contribution < 1.29 is 28.7 Å². The van der Waals surface area contributed by atoms with Gasteiger partial charge >= 0.3 is 5.97 Å². The van der Waals surface area contributed by atoms with Gasteiger partial charge in [-0.2, -0.15) is 0 Å². The summed E-state index contributed by atoms with van der Waals surface area (Å²) in [6.45, 7) is -0.0125. The lowest BCUT2D eigenvalue weighted by atomic mass is 10.2. The van der Waals surface area contributed by atoms with Gasteiger partial charge in [0.1, 0.15) is 5.75 Å². The van der Waals surface area contributed by atoms with Crippen molar-refractivity contribution in [3.63, 3.8) is 0 Å². The number of rotatable bonds is 6. The van der Waals surface area contributed by atoms with Crippen LogP contribution in [0.1, 0.15) is 12.8 Å². The smallest absolute Gasteiger partial charge is 0.335 e. The van der Waals surface area contributed by atoms with Gasteiger partial charge in [-0.1, -0.05) is 0 Å². The van der Waals surface area contributed by atoms with Gasteiger partial charge in [-0.15, -0.1) is 0 Å². The molecule has 0 bridgehead atoms. The van der Waals surface area contributed by atoms with E-state index in [0.29, 0.717) is 13.0 Å². The molecule has 0 radical (unpaired) electrons. The van der Waals surface area contributed by atoms with Crippen molar-refractivity contribution in [3.8, 4) is 5.75 Å². The van der Waals surface area contributed by atoms with Gasteiger partial charge in [-0.05, 0) is 18.9 Å². The third kappa shape index (κ3) is 4.39. The van der Waals surface area contributed by atoms with E-state index >= 15 is 0 Å². The molecule has 23 heavy (non-hydrogen) atoms. The number of methoxy groups -OCH3 is 1. The summed E-state index contributed by atoms with van der Waals surface area (Å²) in [7, 11) is 1.37. The maximum Gasteiger partial charge on any atom is 0.335 e. The molecule has 1 atom stereocenters. The van der Waals surface area contributed by atoms with E-state index in [4.69, 9.17) is 14.2 Å². The number of carbonyl (C=O) groups is 2. The van der Waals surface area contributed by atoms with Gasteiger partial charge in [0.15, 0.2) is 12.7 Å². The molecule has 0 unspecified atom stereocenters. The predicted molar refractivity (Wildman–Crippen MR) is 78.2 cm³/mol. The highest BCUT2D eigenvalue weighted by Crippen LogP contribution is 2.28. The van der Waals surface area contributed by atoms with Crippen molar-refractivity contribution in [2.24, 2.45) is 0 Å². The van der Waals surface area contributed by atoms with Gasteiger partial charge in [-0.25, -0.2) is 4.79 Å². The number of ether oxygens (including phenoxy) is 3. The van der Waals surface area contributed by atoms with Crippen LogP contribution in [0.15, 0.2) is 18.2 Å². The molecule has 1 N–H and O–H groups in total. The van der Waals surface area contributed by atoms with Gasteiger partial charge in [0.05, 0.1) is 17.7 Å². The fourth-order valence-corrected chi connectivity index (χ4v) is 2.09. The molecule has 1 saturated heterocycles. The Morgan fingerprint density at radius 3 is 2.87 bits per heavy atom. The Morgan fingerprint density at radius 1 is 1.48 bits per heavy atom. The number of esters is 1. The van der Waals surface area contributed by atoms with E-state index in [9.17, 15) is 19.7 Å². The topological polar surface area (TPSA) is 117 Å². The van der Waals surface area contributed by atoms with Crippen molar-refractivity contribution in [2.45, 2.75) is 18.9 Å². The third-order valence-corrected chi connectivity index (χ3v) is 3.21. The molecule has 9 heteroatoms. The number of hydrogen-bond donors (Lipinski definition) is 1. The van der Waals surface area contributed by atoms with Crippen molar-refractivity contribution >= 4 is 23.3 Å². The lowest BCUT2D eigenvalue weighted by Crippen LogP contribution is -2.27. The number of amides is 1. The maximum atomic E-state index is 11.8. The summed E-state index contributed by atoms with van der Waals surface area (Å²) >= 11 is 0. The number of hydrogen-bond acceptors (Lipinski definition) is 7. The Hall–Kier alpha value is -2.68. The number of benzene rings is 1. The Morgan fingerprint density at radius 2 is 2.26 bits per heavy atom. The van der Waals surface area contributed by atoms with Crippen molar-refractivity contribution in [1.82, 2.24) is 0 Å². The summed E-state index contributed by atoms with van der Waals surface area (Å²) in [5.74, 6) is -0.965. The second kappa shape index (κ2) is 7.54. The normalized spacial score (nSPS) is 16.7. The van der Waals surface area contributed by atoms with Crippen LogP contribution in [0.5, 0.6) is 5.75 Å². The number of anilines is 1. The van der Waals surface area contributed by atoms with Gasteiger partial charge in [0.25, 0.3) is 11.6 Å². The second-order valence-electron chi connectivity index (χ2n) is 4.80. The molecule has 124 valence electrons. The molecule has 1 amide bonds. The van der Waals surface area contributed by atoms with Crippen LogP contribution < -0.4 is 10.1 Å². The van der Waals surface area contributed by atoms with Crippen LogP contribution in [0.3, 0.4) is 0 Å². The maximum absolute atomic E-state index is 11.8. The van der Waals surface area contributed by atoms with Crippen LogP contribution in [-0.2, 0) is 19.1 Å². The fourth-order valence-electron chi connectivity index (χ4n) is 2.09. The molecule has 0 saturated carbocycles. The molecule has 1 fully saturated rings. The van der Waals surface area contributed by atoms with E-state index in [1.807, 2.05) is 0 Å². The molecule has 0 spiro atoms. The van der Waals surface area contributed by atoms with Crippen LogP contribution in [0.4, 0.5) is 11.4 Å². The highest BCUT2D eigenvalue weighted by molar-refractivity contribution is 5.94. The quantitative estimate of drug-likeness (QED) is 0.475. The summed E-state index contributed by atoms with van der Waals surface area (Å²) in [6, 6.07) is 3.79. The summed E-state index contributed by atoms with van der Waals surface area (Å²) < 4.78 is 15.0. The first-order chi connectivity index (χ1) is 11.0. The first kappa shape index (κ1) is 16.7. The summed E-state index contributed by atoms with van der Waals surface area (Å²) in [5.41, 5.74) is -0.0719. The number of nitro benzene ring substituents is 1. The van der Waals surface area contributed by atoms with Crippen LogP contribution in [0.25, 0.3) is 0 Å². The highest BCUT2D eigenvalue weighted by Gasteiger charge is 2.25. The summed E-state index contributed by atoms with van der Waals surface area (Å²) in [5, 5.41) is 13.2. The van der Waals surface area contributed by atoms with Crippen molar-refractivity contribution in [2.75, 3.05) is 25.6 Å². The van der Waals surface area contributed by atoms with Crippen LogP contribution >= 0.6 is 0 Å². The van der Waals surface area contributed by atoms with Crippen molar-refractivity contribution in [3.05, 3.63) is 28.3 Å². The zero-order valence-corrected chi connectivity index (χ0v) is 12.4. The van der Waals surface area contributed by atoms with E-state index in [1.165, 1.54) is 25.3 Å². The zero-order chi connectivity index (χ0) is 16.8. The molecule has 2 rings (SSSR count). The van der Waals surface area contributed by atoms with Gasteiger partial charge in [-0.3, -0.25) is 14.9 Å². The minimum absolute atomic E-state index is 0.125. The summed E-state index contributed by atoms with van der Waals surface area (Å²) in [6.07, 6.45) is 0.714. The number of carbonyl (C=O) groups excluding carboxylic acids is 2. The Kier molecular flexibility index (Phi) is 5.47. The predicted octanol–water partition coefficient (Wildman–Crippen LogP) is 1.26. The Labute approximate surface area is 131 Å². The fraction of sp³-hybridized carbons (Fsp3) is 0.429. The van der Waals surface area contributed by atoms with Crippen molar-refractivity contribution in [1.29, 1.82) is 0 Å². The molecule has 0 aromatic heterocycles. The molecule has 9 nitrogen and oxygen atoms in total. The van der Waals surface area contributed by atoms with Gasteiger partial charge in [0.2, 0.25) is 0 Å². The highest BCUT2D eigenvalue weighted by atomic mass is 16.6. The number of nitrogens with zero attached hydrogens (tertiary/aromatic N) is 1. The van der Waals surface area contributed by atoms with Crippen LogP contribution in [0, 0.1) is 10.1 Å². The molecule has 1 heterocycles. The molecule has 0 aliphatic carbocycles. The molecule has 1 aliphatic rings. The lowest BCUT2D eigenvalue weighted by Gasteiger charge is -2.11. The molecule has 1 aliphatic heterocycles. The summed E-state index contributed by atoms with van der Waals surface area (Å²) in [4.78, 5) is 33.6. The van der Waals surface area contributed by atoms with Crippen LogP contribution in [-0.4, -0.2) is 43.2 Å². The van der Waals surface area contributed by atoms with E-state index < -0.39 is 29.5 Å². The molecule has 1 aromatic carbocycles. The first-order valence-electron chi connectivity index (χ1n) is 6.92. The van der Waals surface area contributed by atoms with Gasteiger partial charge < -0.3 is 19.5 Å². The third-order valence-electron chi connectivity index (χ3n) is 3.21. The Bertz CT molecular complexity index is 611. The average Bonchev–Trinajstić information content (AvgIpc) is 3.07. The largest absolute Gasteiger partial charge is 0.495 e. The van der Waals surface area contributed by atoms with Crippen LogP contribution in [0.2, 0.25) is 0 Å². The van der Waals surface area contributed by atoms with E-state index in [0.717, 1.165) is 6.42 Å². The first-order valence-corrected chi connectivity index (χ1v) is 6.92. The SMILES string of the molecule is COc1ccc([N+](=O)[O-])cc1NC(=O)COC(=O)[C@@H]1CCCO1. The monoisotopic (exact) mass is 324 g/mol.